The fourth-order valence-corrected chi connectivity index (χ4v) is 0. The predicted molar refractivity (Wildman–Crippen MR) is 9.94 cm³/mol. The first-order valence-electron chi connectivity index (χ1n) is 0. The van der Waals surface area contributed by atoms with Crippen molar-refractivity contribution in [2.45, 2.75) is 0 Å². The minimum absolute atomic E-state index is 0. The van der Waals surface area contributed by atoms with Gasteiger partial charge >= 0.3 is 0 Å². The van der Waals surface area contributed by atoms with E-state index in [-0.39, 0.29) is 58.8 Å². The molecule has 0 aliphatic carbocycles. The normalized spacial score (nSPS) is 0. The molecule has 0 saturated carbocycles. The van der Waals surface area contributed by atoms with E-state index in [0.717, 1.165) is 0 Å². The molecular formula is H3BCoCuNi. The molecule has 0 nitrogen and oxygen atoms in total. The van der Waals surface area contributed by atoms with Gasteiger partial charge in [0.25, 0.3) is 0 Å². The van der Waals surface area contributed by atoms with Crippen molar-refractivity contribution in [3.63, 3.8) is 0 Å². The zero-order chi connectivity index (χ0) is 0. The van der Waals surface area contributed by atoms with Gasteiger partial charge in [0.2, 0.25) is 0 Å². The van der Waals surface area contributed by atoms with Gasteiger partial charge in [0.15, 0.2) is 0 Å². The molecule has 0 fully saturated rings. The molecule has 2 radical (unpaired) electrons. The molecule has 0 spiro atoms. The van der Waals surface area contributed by atoms with Crippen LogP contribution in [0.15, 0.2) is 0 Å². The van der Waals surface area contributed by atoms with Gasteiger partial charge in [-0.25, -0.2) is 0 Å². The molecule has 0 rings (SSSR count). The minimum atomic E-state index is 0. The molecule has 0 aromatic rings. The van der Waals surface area contributed by atoms with Gasteiger partial charge < -0.3 is 0 Å². The first-order chi connectivity index (χ1) is 0. The maximum Gasteiger partial charge on any atom is 0.0814 e. The van der Waals surface area contributed by atoms with Crippen LogP contribution >= 0.6 is 0 Å². The first-order valence-corrected chi connectivity index (χ1v) is 0. The predicted octanol–water partition coefficient (Wildman–Crippen LogP) is -1.19. The monoisotopic (exact) mass is 194 g/mol. The van der Waals surface area contributed by atoms with Gasteiger partial charge in [0.1, 0.15) is 0 Å². The van der Waals surface area contributed by atoms with E-state index in [1.807, 2.05) is 0 Å². The fraction of sp³-hybridized carbons (Fsp3) is 0. The Balaban J connectivity index is 0. The molecule has 4 heavy (non-hydrogen) atoms. The Morgan fingerprint density at radius 1 is 1.00 bits per heavy atom. The van der Waals surface area contributed by atoms with Crippen LogP contribution in [0.4, 0.5) is 0 Å². The maximum atomic E-state index is 0. The van der Waals surface area contributed by atoms with Gasteiger partial charge in [0, 0.05) is 50.3 Å². The second-order valence-electron chi connectivity index (χ2n) is 0. The summed E-state index contributed by atoms with van der Waals surface area (Å²) in [7, 11) is 0. The molecule has 0 unspecified atom stereocenters. The summed E-state index contributed by atoms with van der Waals surface area (Å²) >= 11 is 0. The van der Waals surface area contributed by atoms with E-state index in [2.05, 4.69) is 0 Å². The Bertz CT molecular complexity index is 8.00. The van der Waals surface area contributed by atoms with Crippen LogP contribution in [0, 0.1) is 0 Å². The molecule has 36 valence electrons. The van der Waals surface area contributed by atoms with Gasteiger partial charge in [-0.2, -0.15) is 0 Å². The van der Waals surface area contributed by atoms with Crippen LogP contribution in [-0.4, -0.2) is 8.41 Å². The van der Waals surface area contributed by atoms with Crippen LogP contribution in [0.25, 0.3) is 0 Å². The molecule has 0 N–H and O–H groups in total. The van der Waals surface area contributed by atoms with E-state index in [4.69, 9.17) is 0 Å². The number of hydrogen-bond donors (Lipinski definition) is 0. The third-order valence-electron chi connectivity index (χ3n) is 0. The third kappa shape index (κ3) is 9.54. The summed E-state index contributed by atoms with van der Waals surface area (Å²) in [4.78, 5) is 0. The largest absolute Gasteiger partial charge is 0.0814 e. The number of rotatable bonds is 0. The van der Waals surface area contributed by atoms with Crippen molar-refractivity contribution < 1.29 is 50.3 Å². The van der Waals surface area contributed by atoms with E-state index in [0.29, 0.717) is 0 Å². The molecule has 0 aliphatic rings. The summed E-state index contributed by atoms with van der Waals surface area (Å²) in [6.45, 7) is 0. The van der Waals surface area contributed by atoms with E-state index < -0.39 is 0 Å². The molecule has 0 aromatic heterocycles. The van der Waals surface area contributed by atoms with Crippen molar-refractivity contribution >= 4 is 8.41 Å². The van der Waals surface area contributed by atoms with Crippen LogP contribution in [0.2, 0.25) is 0 Å². The van der Waals surface area contributed by atoms with E-state index in [9.17, 15) is 0 Å². The molecule has 0 atom stereocenters. The Morgan fingerprint density at radius 2 is 1.00 bits per heavy atom. The Hall–Kier alpha value is 1.58. The molecule has 0 heterocycles. The zero-order valence-electron chi connectivity index (χ0n) is 0.951. The third-order valence-corrected chi connectivity index (χ3v) is 0. The van der Waals surface area contributed by atoms with E-state index >= 15 is 0 Å². The van der Waals surface area contributed by atoms with E-state index in [1.165, 1.54) is 0 Å². The average molecular weight is 195 g/mol. The maximum absolute atomic E-state index is 0. The van der Waals surface area contributed by atoms with Crippen molar-refractivity contribution in [1.82, 2.24) is 0 Å². The Labute approximate surface area is 58.7 Å². The average Bonchev–Trinajstić information content (AvgIpc) is 0. The Morgan fingerprint density at radius 3 is 1.00 bits per heavy atom. The van der Waals surface area contributed by atoms with Crippen LogP contribution in [-0.2, 0) is 50.3 Å². The Kier molecular flexibility index (Phi) is 274. The molecule has 4 heteroatoms. The molecule has 0 bridgehead atoms. The van der Waals surface area contributed by atoms with Gasteiger partial charge in [0.05, 0.1) is 8.41 Å². The molecule has 0 amide bonds. The standard InChI is InChI=1S/BH3.Co.Cu.Ni/h1H3;;;. The van der Waals surface area contributed by atoms with Crippen LogP contribution in [0.5, 0.6) is 0 Å². The van der Waals surface area contributed by atoms with Gasteiger partial charge in [-0.05, 0) is 0 Å². The van der Waals surface area contributed by atoms with Crippen molar-refractivity contribution in [3.05, 3.63) is 0 Å². The molecular weight excluding hydrogens is 192 g/mol. The van der Waals surface area contributed by atoms with Crippen LogP contribution in [0.1, 0.15) is 0 Å². The smallest absolute Gasteiger partial charge is 0 e. The van der Waals surface area contributed by atoms with Gasteiger partial charge in [-0.1, -0.05) is 0 Å². The van der Waals surface area contributed by atoms with Crippen LogP contribution in [0.3, 0.4) is 0 Å². The first kappa shape index (κ1) is 46.8. The van der Waals surface area contributed by atoms with Gasteiger partial charge in [-0.15, -0.1) is 0 Å². The fourth-order valence-electron chi connectivity index (χ4n) is 0. The van der Waals surface area contributed by atoms with Crippen molar-refractivity contribution in [1.29, 1.82) is 0 Å². The summed E-state index contributed by atoms with van der Waals surface area (Å²) in [6, 6.07) is 0. The molecule has 0 aromatic carbocycles. The topological polar surface area (TPSA) is 0 Å². The zero-order valence-corrected chi connectivity index (χ0v) is 3.92. The SMILES string of the molecule is B.[Co].[Cu].[Ni]. The summed E-state index contributed by atoms with van der Waals surface area (Å²) in [5.74, 6) is 0. The van der Waals surface area contributed by atoms with E-state index in [1.54, 1.807) is 0 Å². The second-order valence-corrected chi connectivity index (χ2v) is 0. The molecule has 0 saturated heterocycles. The summed E-state index contributed by atoms with van der Waals surface area (Å²) in [6.07, 6.45) is 0. The van der Waals surface area contributed by atoms with Gasteiger partial charge in [-0.3, -0.25) is 0 Å². The number of hydrogen-bond acceptors (Lipinski definition) is 0. The minimum Gasteiger partial charge on any atom is 0 e. The summed E-state index contributed by atoms with van der Waals surface area (Å²) in [5.41, 5.74) is 0. The second kappa shape index (κ2) is 23.5. The molecule has 0 aliphatic heterocycles. The quantitative estimate of drug-likeness (QED) is 0.426. The van der Waals surface area contributed by atoms with Crippen molar-refractivity contribution in [2.75, 3.05) is 0 Å². The van der Waals surface area contributed by atoms with Crippen molar-refractivity contribution in [3.8, 4) is 0 Å². The summed E-state index contributed by atoms with van der Waals surface area (Å²) < 4.78 is 0. The summed E-state index contributed by atoms with van der Waals surface area (Å²) in [5, 5.41) is 0. The van der Waals surface area contributed by atoms with Crippen LogP contribution < -0.4 is 0 Å². The van der Waals surface area contributed by atoms with Crippen molar-refractivity contribution in [2.24, 2.45) is 0 Å².